The van der Waals surface area contributed by atoms with Crippen LogP contribution < -0.4 is 10.0 Å². The highest BCUT2D eigenvalue weighted by molar-refractivity contribution is 7.92. The Balaban J connectivity index is 1.55. The molecule has 0 spiro atoms. The van der Waals surface area contributed by atoms with Gasteiger partial charge in [-0.25, -0.2) is 8.42 Å². The summed E-state index contributed by atoms with van der Waals surface area (Å²) in [6.45, 7) is 1.65. The average molecular weight is 507 g/mol. The third-order valence-corrected chi connectivity index (χ3v) is 6.73. The molecule has 2 N–H and O–H groups in total. The van der Waals surface area contributed by atoms with Crippen molar-refractivity contribution in [3.63, 3.8) is 0 Å². The molecule has 36 heavy (non-hydrogen) atoms. The van der Waals surface area contributed by atoms with E-state index in [-0.39, 0.29) is 28.6 Å². The maximum absolute atomic E-state index is 12.9. The monoisotopic (exact) mass is 506 g/mol. The first-order valence-corrected chi connectivity index (χ1v) is 12.3. The van der Waals surface area contributed by atoms with Crippen molar-refractivity contribution in [2.45, 2.75) is 24.3 Å². The molecule has 1 heterocycles. The fourth-order valence-corrected chi connectivity index (χ4v) is 4.53. The predicted molar refractivity (Wildman–Crippen MR) is 133 cm³/mol. The van der Waals surface area contributed by atoms with Crippen LogP contribution in [0.3, 0.4) is 0 Å². The molecule has 184 valence electrons. The zero-order valence-corrected chi connectivity index (χ0v) is 19.9. The molecule has 4 rings (SSSR count). The topological polar surface area (TPSA) is 144 Å². The Morgan fingerprint density at radius 3 is 2.28 bits per heavy atom. The molecule has 0 radical (unpaired) electrons. The van der Waals surface area contributed by atoms with Gasteiger partial charge in [-0.05, 0) is 36.8 Å². The van der Waals surface area contributed by atoms with Crippen molar-refractivity contribution in [3.05, 3.63) is 112 Å². The summed E-state index contributed by atoms with van der Waals surface area (Å²) in [5.41, 5.74) is 1.72. The Kier molecular flexibility index (Phi) is 7.11. The third-order valence-electron chi connectivity index (χ3n) is 5.36. The van der Waals surface area contributed by atoms with Gasteiger partial charge in [-0.15, -0.1) is 0 Å². The number of nitro benzene ring substituents is 1. The number of non-ortho nitro benzene ring substituents is 1. The molecular formula is C25H22N4O6S. The Morgan fingerprint density at radius 1 is 1.03 bits per heavy atom. The van der Waals surface area contributed by atoms with Crippen molar-refractivity contribution in [3.8, 4) is 0 Å². The number of hydrogen-bond donors (Lipinski definition) is 2. The molecule has 0 aliphatic heterocycles. The van der Waals surface area contributed by atoms with E-state index in [1.807, 2.05) is 6.07 Å². The summed E-state index contributed by atoms with van der Waals surface area (Å²) in [5, 5.41) is 17.9. The van der Waals surface area contributed by atoms with Gasteiger partial charge in [-0.1, -0.05) is 47.6 Å². The number of carbonyl (C=O) groups excluding carboxylic acids is 1. The maximum Gasteiger partial charge on any atom is 0.269 e. The number of aryl methyl sites for hydroxylation is 1. The number of aromatic nitrogens is 1. The largest absolute Gasteiger partial charge is 0.378 e. The van der Waals surface area contributed by atoms with Gasteiger partial charge in [0.05, 0.1) is 15.9 Å². The number of nitrogens with zero attached hydrogens (tertiary/aromatic N) is 2. The lowest BCUT2D eigenvalue weighted by atomic mass is 9.97. The Hall–Kier alpha value is -4.51. The van der Waals surface area contributed by atoms with E-state index in [9.17, 15) is 23.3 Å². The standard InChI is InChI=1S/C25H22N4O6S/c1-17-15-25(27-35-17)28-36(33,34)22-13-9-20(10-14-22)26-23(16-24(30)19-5-3-2-4-6-19)18-7-11-21(12-8-18)29(31)32/h2-15,23,26H,16H2,1H3,(H,27,28). The second-order valence-electron chi connectivity index (χ2n) is 7.99. The summed E-state index contributed by atoms with van der Waals surface area (Å²) >= 11 is 0. The minimum absolute atomic E-state index is 0.0148. The number of anilines is 2. The fraction of sp³-hybridized carbons (Fsp3) is 0.120. The van der Waals surface area contributed by atoms with E-state index in [2.05, 4.69) is 15.2 Å². The average Bonchev–Trinajstić information content (AvgIpc) is 3.28. The van der Waals surface area contributed by atoms with Crippen LogP contribution in [0.1, 0.15) is 34.1 Å². The van der Waals surface area contributed by atoms with E-state index < -0.39 is 21.0 Å². The second-order valence-corrected chi connectivity index (χ2v) is 9.67. The lowest BCUT2D eigenvalue weighted by molar-refractivity contribution is -0.384. The summed E-state index contributed by atoms with van der Waals surface area (Å²) in [5.74, 6) is 0.430. The summed E-state index contributed by atoms with van der Waals surface area (Å²) < 4.78 is 32.5. The highest BCUT2D eigenvalue weighted by atomic mass is 32.2. The van der Waals surface area contributed by atoms with Gasteiger partial charge in [-0.3, -0.25) is 19.6 Å². The molecule has 0 aliphatic rings. The number of ketones is 1. The number of hydrogen-bond acceptors (Lipinski definition) is 8. The predicted octanol–water partition coefficient (Wildman–Crippen LogP) is 5.12. The van der Waals surface area contributed by atoms with Crippen molar-refractivity contribution >= 4 is 33.0 Å². The van der Waals surface area contributed by atoms with Gasteiger partial charge in [0.15, 0.2) is 11.6 Å². The van der Waals surface area contributed by atoms with E-state index >= 15 is 0 Å². The van der Waals surface area contributed by atoms with Crippen molar-refractivity contribution in [2.24, 2.45) is 0 Å². The van der Waals surface area contributed by atoms with Crippen molar-refractivity contribution in [2.75, 3.05) is 10.0 Å². The van der Waals surface area contributed by atoms with Gasteiger partial charge < -0.3 is 9.84 Å². The van der Waals surface area contributed by atoms with Crippen LogP contribution in [0.15, 0.2) is 94.3 Å². The first kappa shape index (κ1) is 24.6. The molecule has 0 saturated heterocycles. The van der Waals surface area contributed by atoms with Crippen LogP contribution in [0.5, 0.6) is 0 Å². The summed E-state index contributed by atoms with van der Waals surface area (Å²) in [4.78, 5) is 23.5. The number of nitrogens with one attached hydrogen (secondary N) is 2. The lowest BCUT2D eigenvalue weighted by Crippen LogP contribution is -2.16. The van der Waals surface area contributed by atoms with Crippen LogP contribution >= 0.6 is 0 Å². The quantitative estimate of drug-likeness (QED) is 0.171. The normalized spacial score (nSPS) is 12.0. The molecule has 0 fully saturated rings. The molecule has 0 bridgehead atoms. The first-order chi connectivity index (χ1) is 17.2. The van der Waals surface area contributed by atoms with E-state index in [0.717, 1.165) is 0 Å². The van der Waals surface area contributed by atoms with Crippen molar-refractivity contribution in [1.29, 1.82) is 0 Å². The fourth-order valence-electron chi connectivity index (χ4n) is 3.55. The number of sulfonamides is 1. The number of carbonyl (C=O) groups is 1. The number of rotatable bonds is 10. The third kappa shape index (κ3) is 5.94. The summed E-state index contributed by atoms with van der Waals surface area (Å²) in [6, 6.07) is 21.7. The van der Waals surface area contributed by atoms with E-state index in [4.69, 9.17) is 4.52 Å². The van der Waals surface area contributed by atoms with Crippen LogP contribution in [-0.4, -0.2) is 24.3 Å². The van der Waals surface area contributed by atoms with E-state index in [1.165, 1.54) is 30.3 Å². The maximum atomic E-state index is 12.9. The van der Waals surface area contributed by atoms with Crippen LogP contribution in [0, 0.1) is 17.0 Å². The molecule has 0 aliphatic carbocycles. The van der Waals surface area contributed by atoms with E-state index in [1.54, 1.807) is 55.5 Å². The number of nitro groups is 1. The SMILES string of the molecule is Cc1cc(NS(=O)(=O)c2ccc(NC(CC(=O)c3ccccc3)c3ccc([N+](=O)[O-])cc3)cc2)no1. The summed E-state index contributed by atoms with van der Waals surface area (Å²) in [6.07, 6.45) is 0.0783. The molecule has 0 amide bonds. The Labute approximate surface area is 207 Å². The van der Waals surface area contributed by atoms with Crippen molar-refractivity contribution in [1.82, 2.24) is 5.16 Å². The molecule has 11 heteroatoms. The zero-order valence-electron chi connectivity index (χ0n) is 19.1. The molecule has 1 atom stereocenters. The lowest BCUT2D eigenvalue weighted by Gasteiger charge is -2.20. The highest BCUT2D eigenvalue weighted by Crippen LogP contribution is 2.27. The second kappa shape index (κ2) is 10.4. The number of Topliss-reactive ketones (excluding diaryl/α,β-unsaturated/α-hetero) is 1. The summed E-state index contributed by atoms with van der Waals surface area (Å²) in [7, 11) is -3.88. The van der Waals surface area contributed by atoms with Crippen LogP contribution in [0.25, 0.3) is 0 Å². The molecule has 1 unspecified atom stereocenters. The van der Waals surface area contributed by atoms with Gasteiger partial charge in [0.1, 0.15) is 5.76 Å². The molecule has 0 saturated carbocycles. The molecular weight excluding hydrogens is 484 g/mol. The molecule has 4 aromatic rings. The minimum atomic E-state index is -3.88. The minimum Gasteiger partial charge on any atom is -0.378 e. The van der Waals surface area contributed by atoms with Crippen LogP contribution in [0.4, 0.5) is 17.2 Å². The molecule has 10 nitrogen and oxygen atoms in total. The van der Waals surface area contributed by atoms with Crippen molar-refractivity contribution < 1.29 is 22.7 Å². The molecule has 3 aromatic carbocycles. The van der Waals surface area contributed by atoms with E-state index in [0.29, 0.717) is 22.6 Å². The molecule has 1 aromatic heterocycles. The highest BCUT2D eigenvalue weighted by Gasteiger charge is 2.20. The van der Waals surface area contributed by atoms with Gasteiger partial charge in [0, 0.05) is 35.9 Å². The van der Waals surface area contributed by atoms with Gasteiger partial charge in [-0.2, -0.15) is 0 Å². The van der Waals surface area contributed by atoms with Gasteiger partial charge >= 0.3 is 0 Å². The first-order valence-electron chi connectivity index (χ1n) is 10.9. The smallest absolute Gasteiger partial charge is 0.269 e. The van der Waals surface area contributed by atoms with Gasteiger partial charge in [0.2, 0.25) is 0 Å². The Bertz CT molecular complexity index is 1470. The zero-order chi connectivity index (χ0) is 25.7. The number of benzene rings is 3. The Morgan fingerprint density at radius 2 is 1.69 bits per heavy atom. The van der Waals surface area contributed by atoms with Crippen LogP contribution in [0.2, 0.25) is 0 Å². The van der Waals surface area contributed by atoms with Crippen LogP contribution in [-0.2, 0) is 10.0 Å². The van der Waals surface area contributed by atoms with Gasteiger partial charge in [0.25, 0.3) is 15.7 Å².